The molecular formula is C36H53BN6O6S2Si. The summed E-state index contributed by atoms with van der Waals surface area (Å²) in [6, 6.07) is 3.97. The molecular weight excluding hydrogens is 715 g/mol. The summed E-state index contributed by atoms with van der Waals surface area (Å²) >= 11 is 2.77. The number of nitrogens with zero attached hydrogens (tertiary/aromatic N) is 5. The van der Waals surface area contributed by atoms with Crippen molar-refractivity contribution < 1.29 is 28.4 Å². The molecule has 4 aliphatic rings. The number of carbonyl (C=O) groups excluding carboxylic acids is 2. The first-order chi connectivity index (χ1) is 23.9. The SMILES string of the molecule is Cc1c(C[C@H](Sc2nnc(NC(=O)OC(C)(C)C)s2)B2OC3CC4CC(C4(C)C)[C@]3(C)O2)ccc(-n2cc([Si](C)(C)C)nn2)c1C(=O)OC(C)(C)C. The predicted octanol–water partition coefficient (Wildman–Crippen LogP) is 7.25. The molecule has 282 valence electrons. The fourth-order valence-corrected chi connectivity index (χ4v) is 10.7. The van der Waals surface area contributed by atoms with Crippen LogP contribution in [0.2, 0.25) is 19.6 Å². The number of benzene rings is 1. The van der Waals surface area contributed by atoms with Crippen LogP contribution in [0.15, 0.2) is 22.7 Å². The van der Waals surface area contributed by atoms with Crippen molar-refractivity contribution in [2.45, 2.75) is 141 Å². The van der Waals surface area contributed by atoms with E-state index in [1.54, 1.807) is 4.68 Å². The van der Waals surface area contributed by atoms with Crippen LogP contribution in [0.5, 0.6) is 0 Å². The Bertz CT molecular complexity index is 1850. The van der Waals surface area contributed by atoms with E-state index in [4.69, 9.17) is 18.8 Å². The van der Waals surface area contributed by atoms with Crippen LogP contribution in [-0.4, -0.2) is 80.5 Å². The van der Waals surface area contributed by atoms with E-state index in [2.05, 4.69) is 66.2 Å². The number of hydrogen-bond acceptors (Lipinski definition) is 12. The highest BCUT2D eigenvalue weighted by Gasteiger charge is 2.68. The van der Waals surface area contributed by atoms with Gasteiger partial charge in [-0.2, -0.15) is 0 Å². The summed E-state index contributed by atoms with van der Waals surface area (Å²) in [5.74, 6) is 0.583. The minimum absolute atomic E-state index is 0.00938. The Balaban J connectivity index is 1.34. The zero-order valence-electron chi connectivity index (χ0n) is 32.7. The average molecular weight is 769 g/mol. The van der Waals surface area contributed by atoms with Crippen molar-refractivity contribution in [3.05, 3.63) is 35.0 Å². The molecule has 3 unspecified atom stereocenters. The van der Waals surface area contributed by atoms with Crippen LogP contribution in [0.4, 0.5) is 9.93 Å². The molecule has 16 heteroatoms. The fraction of sp³-hybridized carbons (Fsp3) is 0.667. The summed E-state index contributed by atoms with van der Waals surface area (Å²) in [4.78, 5) is 26.4. The van der Waals surface area contributed by atoms with Gasteiger partial charge in [0.05, 0.1) is 33.4 Å². The molecule has 3 saturated carbocycles. The van der Waals surface area contributed by atoms with Crippen molar-refractivity contribution >= 4 is 60.8 Å². The number of ether oxygens (including phenoxy) is 2. The Labute approximate surface area is 317 Å². The van der Waals surface area contributed by atoms with E-state index in [-0.39, 0.29) is 16.7 Å². The van der Waals surface area contributed by atoms with Crippen LogP contribution in [0, 0.1) is 24.2 Å². The zero-order valence-corrected chi connectivity index (χ0v) is 35.4. The molecule has 12 nitrogen and oxygen atoms in total. The predicted molar refractivity (Wildman–Crippen MR) is 207 cm³/mol. The molecule has 1 amide bonds. The van der Waals surface area contributed by atoms with Crippen LogP contribution in [-0.2, 0) is 25.2 Å². The second-order valence-corrected chi connectivity index (χ2v) is 25.7. The standard InChI is InChI=1S/C36H53BN6O6S2Si/c1-20-21(14-15-23(28(20)29(44)46-33(2,3)4)43-19-27(39-42-43)52(11,12)13)16-26(50-32-41-40-30(51-32)38-31(45)47-34(5,6)7)37-48-25-18-22-17-24(35(22,8)9)36(25,10)49-37/h14-15,19,22,24-26H,16-18H2,1-13H3,(H,38,40,45)/t22?,24?,25?,26-,36-/m0/s1. The number of anilines is 1. The van der Waals surface area contributed by atoms with Crippen molar-refractivity contribution in [3.63, 3.8) is 0 Å². The first kappa shape index (κ1) is 38.9. The molecule has 2 bridgehead atoms. The lowest BCUT2D eigenvalue weighted by atomic mass is 9.43. The maximum absolute atomic E-state index is 14.0. The zero-order chi connectivity index (χ0) is 38.2. The van der Waals surface area contributed by atoms with Crippen LogP contribution >= 0.6 is 23.1 Å². The minimum Gasteiger partial charge on any atom is -0.456 e. The van der Waals surface area contributed by atoms with Crippen LogP contribution in [0.1, 0.15) is 96.6 Å². The Morgan fingerprint density at radius 1 is 1.08 bits per heavy atom. The van der Waals surface area contributed by atoms with Crippen LogP contribution in [0.3, 0.4) is 0 Å². The van der Waals surface area contributed by atoms with Gasteiger partial charge in [0, 0.05) is 6.20 Å². The molecule has 0 spiro atoms. The first-order valence-corrected chi connectivity index (χ1v) is 23.3. The van der Waals surface area contributed by atoms with E-state index in [9.17, 15) is 9.59 Å². The highest BCUT2D eigenvalue weighted by atomic mass is 32.2. The van der Waals surface area contributed by atoms with Gasteiger partial charge in [0.2, 0.25) is 5.13 Å². The second-order valence-electron chi connectivity index (χ2n) is 18.2. The molecule has 3 aliphatic carbocycles. The van der Waals surface area contributed by atoms with E-state index >= 15 is 0 Å². The number of hydrogen-bond donors (Lipinski definition) is 1. The summed E-state index contributed by atoms with van der Waals surface area (Å²) in [5, 5.41) is 21.3. The molecule has 0 radical (unpaired) electrons. The topological polar surface area (TPSA) is 140 Å². The Hall–Kier alpha value is -2.79. The van der Waals surface area contributed by atoms with E-state index in [1.165, 1.54) is 23.1 Å². The summed E-state index contributed by atoms with van der Waals surface area (Å²) in [5.41, 5.74) is 1.24. The molecule has 5 atom stereocenters. The van der Waals surface area contributed by atoms with Gasteiger partial charge in [-0.3, -0.25) is 5.32 Å². The third-order valence-corrected chi connectivity index (χ3v) is 14.5. The smallest absolute Gasteiger partial charge is 0.456 e. The molecule has 7 rings (SSSR count). The second kappa shape index (κ2) is 13.5. The third-order valence-electron chi connectivity index (χ3n) is 10.6. The van der Waals surface area contributed by atoms with Crippen molar-refractivity contribution in [1.29, 1.82) is 0 Å². The Morgan fingerprint density at radius 3 is 2.38 bits per heavy atom. The summed E-state index contributed by atoms with van der Waals surface area (Å²) in [7, 11) is -2.30. The number of amides is 1. The molecule has 1 aromatic carbocycles. The van der Waals surface area contributed by atoms with Gasteiger partial charge in [0.15, 0.2) is 4.34 Å². The van der Waals surface area contributed by atoms with Crippen LogP contribution < -0.4 is 10.6 Å². The number of nitrogens with one attached hydrogen (secondary N) is 1. The average Bonchev–Trinajstić information content (AvgIpc) is 3.73. The number of aromatic nitrogens is 5. The fourth-order valence-electron chi connectivity index (χ4n) is 7.76. The van der Waals surface area contributed by atoms with Crippen molar-refractivity contribution in [3.8, 4) is 5.69 Å². The lowest BCUT2D eigenvalue weighted by Gasteiger charge is -2.64. The monoisotopic (exact) mass is 768 g/mol. The van der Waals surface area contributed by atoms with Gasteiger partial charge in [-0.15, -0.1) is 15.3 Å². The Morgan fingerprint density at radius 2 is 1.77 bits per heavy atom. The summed E-state index contributed by atoms with van der Waals surface area (Å²) in [6.07, 6.45) is 3.94. The number of esters is 1. The first-order valence-electron chi connectivity index (χ1n) is 18.1. The van der Waals surface area contributed by atoms with Gasteiger partial charge in [0.1, 0.15) is 19.3 Å². The molecule has 2 aromatic heterocycles. The third kappa shape index (κ3) is 7.87. The Kier molecular flexibility index (Phi) is 10.1. The molecule has 1 N–H and O–H groups in total. The molecule has 3 aromatic rings. The molecule has 1 aliphatic heterocycles. The van der Waals surface area contributed by atoms with E-state index in [0.29, 0.717) is 39.0 Å². The molecule has 3 heterocycles. The van der Waals surface area contributed by atoms with Crippen molar-refractivity contribution in [1.82, 2.24) is 25.2 Å². The quantitative estimate of drug-likeness (QED) is 0.102. The van der Waals surface area contributed by atoms with E-state index < -0.39 is 44.1 Å². The minimum atomic E-state index is -1.76. The summed E-state index contributed by atoms with van der Waals surface area (Å²) < 4.78 is 27.5. The largest absolute Gasteiger partial charge is 0.472 e. The number of rotatable bonds is 9. The lowest BCUT2D eigenvalue weighted by Crippen LogP contribution is -2.65. The normalized spacial score (nSPS) is 24.6. The van der Waals surface area contributed by atoms with Crippen LogP contribution in [0.25, 0.3) is 5.69 Å². The number of thioether (sulfide) groups is 1. The number of carbonyl (C=O) groups is 2. The maximum Gasteiger partial charge on any atom is 0.472 e. The van der Waals surface area contributed by atoms with E-state index in [1.807, 2.05) is 66.8 Å². The maximum atomic E-state index is 14.0. The summed E-state index contributed by atoms with van der Waals surface area (Å²) in [6.45, 7) is 26.5. The highest BCUT2D eigenvalue weighted by molar-refractivity contribution is 8.02. The van der Waals surface area contributed by atoms with Gasteiger partial charge < -0.3 is 18.8 Å². The van der Waals surface area contributed by atoms with Gasteiger partial charge in [-0.1, -0.05) is 67.9 Å². The van der Waals surface area contributed by atoms with Gasteiger partial charge in [-0.05, 0) is 109 Å². The van der Waals surface area contributed by atoms with Gasteiger partial charge in [0.25, 0.3) is 0 Å². The molecule has 1 saturated heterocycles. The lowest BCUT2D eigenvalue weighted by molar-refractivity contribution is -0.199. The van der Waals surface area contributed by atoms with Crippen molar-refractivity contribution in [2.75, 3.05) is 5.32 Å². The molecule has 52 heavy (non-hydrogen) atoms. The van der Waals surface area contributed by atoms with E-state index in [0.717, 1.165) is 29.3 Å². The van der Waals surface area contributed by atoms with Gasteiger partial charge >= 0.3 is 19.2 Å². The molecule has 4 fully saturated rings. The van der Waals surface area contributed by atoms with Crippen molar-refractivity contribution in [2.24, 2.45) is 17.3 Å². The van der Waals surface area contributed by atoms with Gasteiger partial charge in [-0.25, -0.2) is 14.3 Å². The highest BCUT2D eigenvalue weighted by Crippen LogP contribution is 2.66.